The lowest BCUT2D eigenvalue weighted by Crippen LogP contribution is -2.54. The molecule has 1 saturated heterocycles. The maximum atomic E-state index is 14.5. The van der Waals surface area contributed by atoms with Crippen LogP contribution in [0, 0.1) is 18.6 Å². The molecule has 3 aromatic rings. The Morgan fingerprint density at radius 1 is 0.976 bits per heavy atom. The van der Waals surface area contributed by atoms with E-state index in [1.165, 1.54) is 24.0 Å². The summed E-state index contributed by atoms with van der Waals surface area (Å²) in [5.74, 6) is -4.62. The van der Waals surface area contributed by atoms with Gasteiger partial charge in [0.15, 0.2) is 18.2 Å². The predicted molar refractivity (Wildman–Crippen MR) is 142 cm³/mol. The fraction of sp³-hybridized carbons (Fsp3) is 0.207. The van der Waals surface area contributed by atoms with Gasteiger partial charge in [0.25, 0.3) is 17.7 Å². The molecule has 0 aromatic heterocycles. The predicted octanol–water partition coefficient (Wildman–Crippen LogP) is 3.44. The highest BCUT2D eigenvalue weighted by molar-refractivity contribution is 6.25. The SMILES string of the molecule is Cc1cc(-c2cc3c(cc2Nc2cccc4c2C(=O)N(C2CCC(=O)NC2=O)C4=O)N(C)C(=O)CO3)cc(F)c1F. The molecule has 0 spiro atoms. The van der Waals surface area contributed by atoms with E-state index in [2.05, 4.69) is 10.6 Å². The van der Waals surface area contributed by atoms with Crippen molar-refractivity contribution in [1.82, 2.24) is 10.2 Å². The molecule has 1 unspecified atom stereocenters. The highest BCUT2D eigenvalue weighted by Crippen LogP contribution is 2.43. The number of likely N-dealkylation sites (N-methyl/N-ethyl adjacent to an activating group) is 1. The van der Waals surface area contributed by atoms with E-state index in [1.54, 1.807) is 31.3 Å². The standard InChI is InChI=1S/C29H22F2N4O6/c1-13-8-14(9-17(30)26(13)31)16-10-22-21(34(2)24(37)12-41-22)11-19(16)32-18-5-3-4-15-25(18)29(40)35(28(15)39)20-6-7-23(36)33-27(20)38/h3-5,8-11,20,32H,6-7,12H2,1-2H3,(H,33,36,38). The molecule has 0 aliphatic carbocycles. The summed E-state index contributed by atoms with van der Waals surface area (Å²) in [5.41, 5.74) is 1.73. The van der Waals surface area contributed by atoms with E-state index >= 15 is 0 Å². The molecule has 5 amide bonds. The van der Waals surface area contributed by atoms with Gasteiger partial charge in [0, 0.05) is 24.7 Å². The van der Waals surface area contributed by atoms with Crippen molar-refractivity contribution in [3.05, 3.63) is 70.8 Å². The van der Waals surface area contributed by atoms with Gasteiger partial charge in [0.05, 0.1) is 22.5 Å². The summed E-state index contributed by atoms with van der Waals surface area (Å²) in [6.45, 7) is 1.22. The summed E-state index contributed by atoms with van der Waals surface area (Å²) in [4.78, 5) is 65.5. The topological polar surface area (TPSA) is 125 Å². The molecule has 6 rings (SSSR count). The van der Waals surface area contributed by atoms with Crippen LogP contribution in [0.5, 0.6) is 5.75 Å². The van der Waals surface area contributed by atoms with Crippen molar-refractivity contribution in [2.24, 2.45) is 0 Å². The number of carbonyl (C=O) groups excluding carboxylic acids is 5. The number of aryl methyl sites for hydroxylation is 1. The number of amides is 5. The minimum absolute atomic E-state index is 0.00368. The number of nitrogens with zero attached hydrogens (tertiary/aromatic N) is 2. The normalized spacial score (nSPS) is 18.2. The molecule has 12 heteroatoms. The van der Waals surface area contributed by atoms with Crippen LogP contribution in [0.3, 0.4) is 0 Å². The summed E-state index contributed by atoms with van der Waals surface area (Å²) in [6, 6.07) is 9.07. The Bertz CT molecular complexity index is 1700. The summed E-state index contributed by atoms with van der Waals surface area (Å²) in [7, 11) is 1.56. The third kappa shape index (κ3) is 4.19. The summed E-state index contributed by atoms with van der Waals surface area (Å²) in [6.07, 6.45) is -0.0148. The molecule has 41 heavy (non-hydrogen) atoms. The zero-order valence-electron chi connectivity index (χ0n) is 21.8. The van der Waals surface area contributed by atoms with Gasteiger partial charge in [-0.05, 0) is 60.9 Å². The van der Waals surface area contributed by atoms with Crippen molar-refractivity contribution in [2.75, 3.05) is 23.9 Å². The molecular weight excluding hydrogens is 538 g/mol. The third-order valence-corrected chi connectivity index (χ3v) is 7.44. The number of halogens is 2. The number of benzene rings is 3. The molecule has 3 aliphatic heterocycles. The van der Waals surface area contributed by atoms with Gasteiger partial charge in [-0.1, -0.05) is 6.07 Å². The fourth-order valence-corrected chi connectivity index (χ4v) is 5.31. The van der Waals surface area contributed by atoms with Crippen molar-refractivity contribution >= 4 is 46.6 Å². The molecular formula is C29H22F2N4O6. The molecule has 1 atom stereocenters. The second-order valence-corrected chi connectivity index (χ2v) is 10.00. The average Bonchev–Trinajstić information content (AvgIpc) is 3.19. The Kier molecular flexibility index (Phi) is 6.05. The molecule has 0 saturated carbocycles. The lowest BCUT2D eigenvalue weighted by atomic mass is 9.98. The van der Waals surface area contributed by atoms with E-state index in [0.717, 1.165) is 11.0 Å². The first-order valence-electron chi connectivity index (χ1n) is 12.7. The molecule has 3 aromatic carbocycles. The Hall–Kier alpha value is -5.13. The zero-order valence-corrected chi connectivity index (χ0v) is 21.8. The number of piperidine rings is 1. The molecule has 0 radical (unpaired) electrons. The van der Waals surface area contributed by atoms with Gasteiger partial charge in [0.2, 0.25) is 11.8 Å². The van der Waals surface area contributed by atoms with Crippen molar-refractivity contribution < 1.29 is 37.5 Å². The largest absolute Gasteiger partial charge is 0.482 e. The molecule has 2 N–H and O–H groups in total. The lowest BCUT2D eigenvalue weighted by Gasteiger charge is -2.28. The van der Waals surface area contributed by atoms with Crippen molar-refractivity contribution in [1.29, 1.82) is 0 Å². The van der Waals surface area contributed by atoms with Gasteiger partial charge in [-0.15, -0.1) is 0 Å². The minimum atomic E-state index is -1.14. The Balaban J connectivity index is 1.46. The lowest BCUT2D eigenvalue weighted by molar-refractivity contribution is -0.136. The number of rotatable bonds is 4. The Labute approximate surface area is 231 Å². The molecule has 3 heterocycles. The number of anilines is 3. The number of ether oxygens (including phenoxy) is 1. The second kappa shape index (κ2) is 9.51. The summed E-state index contributed by atoms with van der Waals surface area (Å²) in [5, 5.41) is 5.30. The van der Waals surface area contributed by atoms with Crippen LogP contribution < -0.4 is 20.3 Å². The van der Waals surface area contributed by atoms with Gasteiger partial charge < -0.3 is 15.0 Å². The minimum Gasteiger partial charge on any atom is -0.482 e. The van der Waals surface area contributed by atoms with E-state index < -0.39 is 41.3 Å². The number of nitrogens with one attached hydrogen (secondary N) is 2. The van der Waals surface area contributed by atoms with Crippen LogP contribution in [0.4, 0.5) is 25.8 Å². The van der Waals surface area contributed by atoms with Gasteiger partial charge in [0.1, 0.15) is 11.8 Å². The Morgan fingerprint density at radius 2 is 1.76 bits per heavy atom. The first-order valence-corrected chi connectivity index (χ1v) is 12.7. The molecule has 3 aliphatic rings. The van der Waals surface area contributed by atoms with Gasteiger partial charge in [-0.2, -0.15) is 0 Å². The number of hydrogen-bond acceptors (Lipinski definition) is 7. The number of fused-ring (bicyclic) bond motifs is 2. The van der Waals surface area contributed by atoms with Crippen LogP contribution in [0.1, 0.15) is 39.1 Å². The number of carbonyl (C=O) groups is 5. The van der Waals surface area contributed by atoms with Crippen LogP contribution in [0.15, 0.2) is 42.5 Å². The third-order valence-electron chi connectivity index (χ3n) is 7.44. The first-order chi connectivity index (χ1) is 19.5. The maximum Gasteiger partial charge on any atom is 0.264 e. The zero-order chi connectivity index (χ0) is 29.2. The van der Waals surface area contributed by atoms with E-state index in [4.69, 9.17) is 4.74 Å². The average molecular weight is 561 g/mol. The molecule has 208 valence electrons. The van der Waals surface area contributed by atoms with Crippen LogP contribution in [-0.4, -0.2) is 54.1 Å². The second-order valence-electron chi connectivity index (χ2n) is 10.00. The highest BCUT2D eigenvalue weighted by atomic mass is 19.2. The van der Waals surface area contributed by atoms with E-state index in [9.17, 15) is 32.8 Å². The van der Waals surface area contributed by atoms with Crippen LogP contribution >= 0.6 is 0 Å². The van der Waals surface area contributed by atoms with Crippen LogP contribution in [0.25, 0.3) is 11.1 Å². The highest BCUT2D eigenvalue weighted by Gasteiger charge is 2.45. The number of hydrogen-bond donors (Lipinski definition) is 2. The summed E-state index contributed by atoms with van der Waals surface area (Å²) >= 11 is 0. The molecule has 1 fully saturated rings. The van der Waals surface area contributed by atoms with Gasteiger partial charge in [-0.25, -0.2) is 8.78 Å². The van der Waals surface area contributed by atoms with E-state index in [1.807, 2.05) is 0 Å². The van der Waals surface area contributed by atoms with Crippen molar-refractivity contribution in [3.63, 3.8) is 0 Å². The monoisotopic (exact) mass is 560 g/mol. The smallest absolute Gasteiger partial charge is 0.264 e. The summed E-state index contributed by atoms with van der Waals surface area (Å²) < 4.78 is 34.2. The van der Waals surface area contributed by atoms with Crippen LogP contribution in [-0.2, 0) is 14.4 Å². The first kappa shape index (κ1) is 26.1. The molecule has 0 bridgehead atoms. The van der Waals surface area contributed by atoms with E-state index in [-0.39, 0.29) is 47.7 Å². The Morgan fingerprint density at radius 3 is 2.49 bits per heavy atom. The number of imide groups is 2. The van der Waals surface area contributed by atoms with Gasteiger partial charge in [-0.3, -0.25) is 34.2 Å². The molecule has 10 nitrogen and oxygen atoms in total. The van der Waals surface area contributed by atoms with Crippen molar-refractivity contribution in [2.45, 2.75) is 25.8 Å². The van der Waals surface area contributed by atoms with Crippen molar-refractivity contribution in [3.8, 4) is 16.9 Å². The van der Waals surface area contributed by atoms with E-state index in [0.29, 0.717) is 28.3 Å². The quantitative estimate of drug-likeness (QED) is 0.469. The van der Waals surface area contributed by atoms with Crippen LogP contribution in [0.2, 0.25) is 0 Å². The van der Waals surface area contributed by atoms with Gasteiger partial charge >= 0.3 is 0 Å². The fourth-order valence-electron chi connectivity index (χ4n) is 5.31. The maximum absolute atomic E-state index is 14.5.